The van der Waals surface area contributed by atoms with E-state index in [-0.39, 0.29) is 41.5 Å². The van der Waals surface area contributed by atoms with E-state index in [2.05, 4.69) is 0 Å². The largest absolute Gasteiger partial charge is 0.507 e. The molecule has 0 aliphatic carbocycles. The molecule has 0 fully saturated rings. The van der Waals surface area contributed by atoms with Crippen LogP contribution in [0.5, 0.6) is 5.75 Å². The number of amides is 1. The molecule has 0 aliphatic heterocycles. The van der Waals surface area contributed by atoms with Crippen LogP contribution in [0, 0.1) is 0 Å². The summed E-state index contributed by atoms with van der Waals surface area (Å²) in [6, 6.07) is 17.4. The van der Waals surface area contributed by atoms with Crippen LogP contribution in [0.3, 0.4) is 0 Å². The molecule has 3 rings (SSSR count). The maximum Gasteiger partial charge on any atom is 0.471 e. The van der Waals surface area contributed by atoms with Crippen LogP contribution in [-0.4, -0.2) is 49.6 Å². The Morgan fingerprint density at radius 2 is 1.55 bits per heavy atom. The van der Waals surface area contributed by atoms with E-state index in [1.54, 1.807) is 37.3 Å². The Morgan fingerprint density at radius 3 is 2.16 bits per heavy atom. The van der Waals surface area contributed by atoms with Gasteiger partial charge in [-0.1, -0.05) is 42.5 Å². The fourth-order valence-corrected chi connectivity index (χ4v) is 5.02. The van der Waals surface area contributed by atoms with Crippen molar-refractivity contribution >= 4 is 21.7 Å². The number of aromatic hydroxyl groups is 1. The number of esters is 1. The van der Waals surface area contributed by atoms with Crippen molar-refractivity contribution < 1.29 is 41.0 Å². The van der Waals surface area contributed by atoms with Gasteiger partial charge in [-0.15, -0.1) is 0 Å². The predicted molar refractivity (Wildman–Crippen MR) is 132 cm³/mol. The van der Waals surface area contributed by atoms with Gasteiger partial charge in [0.2, 0.25) is 9.84 Å². The SMILES string of the molecule is CCOC(=O)c1cc(S(=O)(=O)c2ccc(CCCN(Cc3ccccc3)C(=O)C(F)(F)F)cc2)ccc1O. The zero-order valence-corrected chi connectivity index (χ0v) is 21.3. The van der Waals surface area contributed by atoms with Gasteiger partial charge in [0, 0.05) is 13.1 Å². The van der Waals surface area contributed by atoms with Gasteiger partial charge < -0.3 is 14.7 Å². The summed E-state index contributed by atoms with van der Waals surface area (Å²) in [5.41, 5.74) is 0.957. The number of nitrogens with zero attached hydrogens (tertiary/aromatic N) is 1. The molecule has 3 aromatic carbocycles. The third kappa shape index (κ3) is 7.12. The standard InChI is InChI=1S/C27H26F3NO6S/c1-2-37-25(33)23-17-22(14-15-24(23)32)38(35,36)21-12-10-19(11-13-21)9-6-16-31(26(34)27(28,29)30)18-20-7-4-3-5-8-20/h3-5,7-8,10-15,17,32H,2,6,9,16,18H2,1H3. The third-order valence-corrected chi connectivity index (χ3v) is 7.41. The molecule has 0 saturated carbocycles. The summed E-state index contributed by atoms with van der Waals surface area (Å²) in [4.78, 5) is 24.4. The van der Waals surface area contributed by atoms with Crippen LogP contribution in [-0.2, 0) is 32.3 Å². The lowest BCUT2D eigenvalue weighted by Gasteiger charge is -2.24. The highest BCUT2D eigenvalue weighted by Crippen LogP contribution is 2.27. The van der Waals surface area contributed by atoms with Crippen LogP contribution >= 0.6 is 0 Å². The summed E-state index contributed by atoms with van der Waals surface area (Å²) < 4.78 is 70.2. The van der Waals surface area contributed by atoms with E-state index in [4.69, 9.17) is 4.74 Å². The first kappa shape index (κ1) is 28.7. The number of carbonyl (C=O) groups excluding carboxylic acids is 2. The van der Waals surface area contributed by atoms with Gasteiger partial charge in [-0.25, -0.2) is 13.2 Å². The average molecular weight is 550 g/mol. The van der Waals surface area contributed by atoms with Crippen LogP contribution in [0.4, 0.5) is 13.2 Å². The number of benzene rings is 3. The van der Waals surface area contributed by atoms with Gasteiger partial charge in [0.1, 0.15) is 11.3 Å². The third-order valence-electron chi connectivity index (χ3n) is 5.65. The second-order valence-electron chi connectivity index (χ2n) is 8.36. The Hall–Kier alpha value is -3.86. The molecule has 0 bridgehead atoms. The Bertz CT molecular complexity index is 1370. The molecule has 11 heteroatoms. The molecule has 0 unspecified atom stereocenters. The van der Waals surface area contributed by atoms with Gasteiger partial charge in [0.05, 0.1) is 16.4 Å². The van der Waals surface area contributed by atoms with Gasteiger partial charge in [0.15, 0.2) is 0 Å². The maximum absolute atomic E-state index is 13.1. The highest BCUT2D eigenvalue weighted by Gasteiger charge is 2.42. The Labute approximate surface area is 218 Å². The molecular formula is C27H26F3NO6S. The molecule has 0 radical (unpaired) electrons. The van der Waals surface area contributed by atoms with Crippen LogP contribution < -0.4 is 0 Å². The summed E-state index contributed by atoms with van der Waals surface area (Å²) in [5, 5.41) is 9.90. The van der Waals surface area contributed by atoms with E-state index < -0.39 is 33.6 Å². The lowest BCUT2D eigenvalue weighted by atomic mass is 10.1. The van der Waals surface area contributed by atoms with Crippen molar-refractivity contribution in [3.8, 4) is 5.75 Å². The van der Waals surface area contributed by atoms with E-state index in [1.807, 2.05) is 0 Å². The number of carbonyl (C=O) groups is 2. The lowest BCUT2D eigenvalue weighted by molar-refractivity contribution is -0.186. The van der Waals surface area contributed by atoms with Gasteiger partial charge in [-0.05, 0) is 61.2 Å². The molecular weight excluding hydrogens is 523 g/mol. The molecule has 0 atom stereocenters. The summed E-state index contributed by atoms with van der Waals surface area (Å²) in [6.07, 6.45) is -4.46. The van der Waals surface area contributed by atoms with Crippen LogP contribution in [0.1, 0.15) is 34.8 Å². The minimum atomic E-state index is -4.99. The zero-order valence-electron chi connectivity index (χ0n) is 20.4. The normalized spacial score (nSPS) is 11.7. The van der Waals surface area contributed by atoms with E-state index >= 15 is 0 Å². The number of hydrogen-bond donors (Lipinski definition) is 1. The number of sulfone groups is 1. The molecule has 0 saturated heterocycles. The molecule has 1 amide bonds. The lowest BCUT2D eigenvalue weighted by Crippen LogP contribution is -2.41. The molecule has 202 valence electrons. The number of aryl methyl sites for hydroxylation is 1. The Balaban J connectivity index is 1.70. The van der Waals surface area contributed by atoms with Crippen molar-refractivity contribution in [1.29, 1.82) is 0 Å². The highest BCUT2D eigenvalue weighted by atomic mass is 32.2. The van der Waals surface area contributed by atoms with Crippen molar-refractivity contribution in [2.45, 2.75) is 42.3 Å². The quantitative estimate of drug-likeness (QED) is 0.360. The minimum absolute atomic E-state index is 0.0467. The molecule has 38 heavy (non-hydrogen) atoms. The molecule has 1 N–H and O–H groups in total. The van der Waals surface area contributed by atoms with E-state index in [9.17, 15) is 36.3 Å². The number of alkyl halides is 3. The fourth-order valence-electron chi connectivity index (χ4n) is 3.74. The smallest absolute Gasteiger partial charge is 0.471 e. The van der Waals surface area contributed by atoms with Gasteiger partial charge in [-0.3, -0.25) is 4.79 Å². The molecule has 3 aromatic rings. The highest BCUT2D eigenvalue weighted by molar-refractivity contribution is 7.91. The molecule has 0 aromatic heterocycles. The van der Waals surface area contributed by atoms with Crippen molar-refractivity contribution in [2.75, 3.05) is 13.2 Å². The molecule has 0 aliphatic rings. The number of hydrogen-bond acceptors (Lipinski definition) is 6. The monoisotopic (exact) mass is 549 g/mol. The molecule has 7 nitrogen and oxygen atoms in total. The maximum atomic E-state index is 13.1. The van der Waals surface area contributed by atoms with Crippen molar-refractivity contribution in [3.63, 3.8) is 0 Å². The first-order valence-corrected chi connectivity index (χ1v) is 13.2. The van der Waals surface area contributed by atoms with E-state index in [0.717, 1.165) is 17.0 Å². The van der Waals surface area contributed by atoms with Crippen molar-refractivity contribution in [3.05, 3.63) is 89.5 Å². The number of halogens is 3. The Morgan fingerprint density at radius 1 is 0.921 bits per heavy atom. The van der Waals surface area contributed by atoms with Gasteiger partial charge in [0.25, 0.3) is 0 Å². The summed E-state index contributed by atoms with van der Waals surface area (Å²) in [5.74, 6) is -3.19. The second-order valence-corrected chi connectivity index (χ2v) is 10.3. The average Bonchev–Trinajstić information content (AvgIpc) is 2.88. The van der Waals surface area contributed by atoms with Gasteiger partial charge >= 0.3 is 18.1 Å². The first-order chi connectivity index (χ1) is 17.9. The second kappa shape index (κ2) is 12.1. The molecule has 0 heterocycles. The number of phenolic OH excluding ortho intramolecular Hbond substituents is 1. The summed E-state index contributed by atoms with van der Waals surface area (Å²) in [6.45, 7) is 1.30. The fraction of sp³-hybridized carbons (Fsp3) is 0.259. The number of phenols is 1. The minimum Gasteiger partial charge on any atom is -0.507 e. The molecule has 0 spiro atoms. The first-order valence-electron chi connectivity index (χ1n) is 11.7. The summed E-state index contributed by atoms with van der Waals surface area (Å²) >= 11 is 0. The number of ether oxygens (including phenoxy) is 1. The topological polar surface area (TPSA) is 101 Å². The van der Waals surface area contributed by atoms with Crippen molar-refractivity contribution in [2.24, 2.45) is 0 Å². The van der Waals surface area contributed by atoms with Crippen molar-refractivity contribution in [1.82, 2.24) is 4.90 Å². The van der Waals surface area contributed by atoms with E-state index in [0.29, 0.717) is 17.5 Å². The van der Waals surface area contributed by atoms with Crippen LogP contribution in [0.2, 0.25) is 0 Å². The van der Waals surface area contributed by atoms with E-state index in [1.165, 1.54) is 30.3 Å². The van der Waals surface area contributed by atoms with Gasteiger partial charge in [-0.2, -0.15) is 13.2 Å². The Kier molecular flexibility index (Phi) is 9.16. The number of rotatable bonds is 10. The van der Waals surface area contributed by atoms with Crippen LogP contribution in [0.25, 0.3) is 0 Å². The predicted octanol–water partition coefficient (Wildman–Crippen LogP) is 4.93. The summed E-state index contributed by atoms with van der Waals surface area (Å²) in [7, 11) is -4.04. The zero-order chi connectivity index (χ0) is 27.9. The van der Waals surface area contributed by atoms with Crippen LogP contribution in [0.15, 0.2) is 82.6 Å².